The van der Waals surface area contributed by atoms with E-state index in [1.807, 2.05) is 6.07 Å². The van der Waals surface area contributed by atoms with E-state index in [1.54, 1.807) is 0 Å². The number of rotatable bonds is 5. The number of aryl methyl sites for hydroxylation is 1. The summed E-state index contributed by atoms with van der Waals surface area (Å²) in [5, 5.41) is 4.74. The van der Waals surface area contributed by atoms with Gasteiger partial charge in [-0.3, -0.25) is 0 Å². The summed E-state index contributed by atoms with van der Waals surface area (Å²) in [7, 11) is 0. The molecule has 2 nitrogen and oxygen atoms in total. The minimum absolute atomic E-state index is 0.306. The average Bonchev–Trinajstić information content (AvgIpc) is 3.79. The van der Waals surface area contributed by atoms with E-state index >= 15 is 0 Å². The highest BCUT2D eigenvalue weighted by Gasteiger charge is 2.25. The molecule has 0 radical (unpaired) electrons. The predicted octanol–water partition coefficient (Wildman–Crippen LogP) is 15.4. The molecule has 59 heavy (non-hydrogen) atoms. The number of fused-ring (bicyclic) bond motifs is 9. The first kappa shape index (κ1) is 33.7. The highest BCUT2D eigenvalue weighted by Crippen LogP contribution is 2.46. The van der Waals surface area contributed by atoms with Crippen LogP contribution in [0.1, 0.15) is 29.0 Å². The van der Waals surface area contributed by atoms with E-state index in [9.17, 15) is 0 Å². The second-order valence-corrected chi connectivity index (χ2v) is 15.9. The van der Waals surface area contributed by atoms with Gasteiger partial charge in [-0.15, -0.1) is 0 Å². The van der Waals surface area contributed by atoms with Crippen molar-refractivity contribution in [3.05, 3.63) is 223 Å². The van der Waals surface area contributed by atoms with Gasteiger partial charge in [-0.05, 0) is 111 Å². The number of aromatic nitrogens is 1. The van der Waals surface area contributed by atoms with Crippen molar-refractivity contribution < 1.29 is 4.42 Å². The Balaban J connectivity index is 1.02. The number of nitrogens with zero attached hydrogens (tertiary/aromatic N) is 1. The molecule has 1 aliphatic carbocycles. The number of hydrogen-bond acceptors (Lipinski definition) is 1. The SMILES string of the molecule is c1ccc(-c2ccc(C3CCc4ccccc4-c4cc(-c5ccc6c(c5)c5ccccc5n6-c5ccc6oc7ccccc7c6c5-c5ccccc5)ccc43)cc2)cc1. The van der Waals surface area contributed by atoms with Gasteiger partial charge in [0.15, 0.2) is 0 Å². The summed E-state index contributed by atoms with van der Waals surface area (Å²) in [6.45, 7) is 0. The highest BCUT2D eigenvalue weighted by molar-refractivity contribution is 6.16. The third-order valence-corrected chi connectivity index (χ3v) is 12.7. The van der Waals surface area contributed by atoms with E-state index in [0.29, 0.717) is 5.92 Å². The van der Waals surface area contributed by atoms with Crippen molar-refractivity contribution in [2.75, 3.05) is 0 Å². The van der Waals surface area contributed by atoms with Gasteiger partial charge in [0.2, 0.25) is 0 Å². The fourth-order valence-electron chi connectivity index (χ4n) is 9.92. The Hall–Kier alpha value is -7.42. The van der Waals surface area contributed by atoms with Crippen molar-refractivity contribution in [1.82, 2.24) is 4.57 Å². The van der Waals surface area contributed by atoms with Crippen molar-refractivity contribution >= 4 is 43.7 Å². The zero-order valence-electron chi connectivity index (χ0n) is 32.5. The van der Waals surface area contributed by atoms with E-state index in [-0.39, 0.29) is 0 Å². The van der Waals surface area contributed by atoms with Crippen molar-refractivity contribution in [1.29, 1.82) is 0 Å². The summed E-state index contributed by atoms with van der Waals surface area (Å²) in [5.41, 5.74) is 19.5. The molecule has 9 aromatic carbocycles. The van der Waals surface area contributed by atoms with Crippen LogP contribution in [0.2, 0.25) is 0 Å². The Labute approximate surface area is 343 Å². The van der Waals surface area contributed by atoms with Crippen LogP contribution < -0.4 is 0 Å². The van der Waals surface area contributed by atoms with Gasteiger partial charge >= 0.3 is 0 Å². The molecule has 0 saturated carbocycles. The molecule has 0 aliphatic heterocycles. The van der Waals surface area contributed by atoms with Crippen LogP contribution in [0.3, 0.4) is 0 Å². The standard InChI is InChI=1S/C57H39NO/c1-3-13-37(14-4-1)38-23-25-40(26-24-38)45-30-27-39-15-7-8-18-44(39)49-35-42(28-31-46(45)49)43-29-32-52-50(36-43)47-19-9-11-21-51(47)58(52)53-33-34-55-57(48-20-10-12-22-54(48)59-55)56(53)41-16-5-2-6-17-41/h1-26,28-29,31-36,45H,27,30H2. The smallest absolute Gasteiger partial charge is 0.136 e. The number of benzene rings is 9. The molecule has 2 heterocycles. The van der Waals surface area contributed by atoms with Crippen LogP contribution in [0, 0.1) is 0 Å². The molecule has 0 saturated heterocycles. The van der Waals surface area contributed by atoms with Crippen LogP contribution in [0.25, 0.3) is 93.9 Å². The molecule has 0 N–H and O–H groups in total. The molecule has 0 amide bonds. The lowest BCUT2D eigenvalue weighted by Crippen LogP contribution is -2.02. The number of furan rings is 1. The third-order valence-electron chi connectivity index (χ3n) is 12.7. The predicted molar refractivity (Wildman–Crippen MR) is 246 cm³/mol. The van der Waals surface area contributed by atoms with E-state index in [0.717, 1.165) is 46.0 Å². The molecule has 1 atom stereocenters. The Bertz CT molecular complexity index is 3370. The second kappa shape index (κ2) is 13.6. The van der Waals surface area contributed by atoms with Gasteiger partial charge in [0.05, 0.1) is 16.7 Å². The number of hydrogen-bond donors (Lipinski definition) is 0. The van der Waals surface area contributed by atoms with Gasteiger partial charge in [-0.25, -0.2) is 0 Å². The van der Waals surface area contributed by atoms with Gasteiger partial charge in [0.1, 0.15) is 11.2 Å². The van der Waals surface area contributed by atoms with Crippen LogP contribution in [-0.2, 0) is 6.42 Å². The van der Waals surface area contributed by atoms with Crippen LogP contribution in [0.15, 0.2) is 211 Å². The summed E-state index contributed by atoms with van der Waals surface area (Å²) in [6.07, 6.45) is 2.12. The normalized spacial score (nSPS) is 13.8. The van der Waals surface area contributed by atoms with Crippen LogP contribution in [0.4, 0.5) is 0 Å². The molecular formula is C57H39NO. The lowest BCUT2D eigenvalue weighted by atomic mass is 9.84. The molecule has 0 spiro atoms. The third kappa shape index (κ3) is 5.48. The quantitative estimate of drug-likeness (QED) is 0.171. The zero-order chi connectivity index (χ0) is 38.9. The van der Waals surface area contributed by atoms with Crippen molar-refractivity contribution in [2.45, 2.75) is 18.8 Å². The van der Waals surface area contributed by atoms with Crippen molar-refractivity contribution in [2.24, 2.45) is 0 Å². The first-order chi connectivity index (χ1) is 29.3. The Morgan fingerprint density at radius 2 is 1.07 bits per heavy atom. The zero-order valence-corrected chi connectivity index (χ0v) is 32.5. The van der Waals surface area contributed by atoms with Crippen molar-refractivity contribution in [3.63, 3.8) is 0 Å². The molecule has 278 valence electrons. The van der Waals surface area contributed by atoms with Crippen LogP contribution in [-0.4, -0.2) is 4.57 Å². The second-order valence-electron chi connectivity index (χ2n) is 15.9. The molecule has 0 fully saturated rings. The summed E-state index contributed by atoms with van der Waals surface area (Å²) in [6, 6.07) is 75.6. The van der Waals surface area contributed by atoms with Gasteiger partial charge in [0.25, 0.3) is 0 Å². The molecule has 2 heteroatoms. The number of para-hydroxylation sites is 2. The average molecular weight is 754 g/mol. The summed E-state index contributed by atoms with van der Waals surface area (Å²) >= 11 is 0. The Kier molecular flexibility index (Phi) is 7.77. The fourth-order valence-corrected chi connectivity index (χ4v) is 9.92. The van der Waals surface area contributed by atoms with Gasteiger partial charge < -0.3 is 8.98 Å². The van der Waals surface area contributed by atoms with Crippen molar-refractivity contribution in [3.8, 4) is 50.2 Å². The van der Waals surface area contributed by atoms with Crippen LogP contribution >= 0.6 is 0 Å². The molecule has 1 aliphatic rings. The van der Waals surface area contributed by atoms with Crippen LogP contribution in [0.5, 0.6) is 0 Å². The summed E-state index contributed by atoms with van der Waals surface area (Å²) in [5.74, 6) is 0.306. The molecule has 11 aromatic rings. The van der Waals surface area contributed by atoms with E-state index in [1.165, 1.54) is 77.4 Å². The first-order valence-corrected chi connectivity index (χ1v) is 20.7. The summed E-state index contributed by atoms with van der Waals surface area (Å²) in [4.78, 5) is 0. The molecule has 2 aromatic heterocycles. The molecule has 1 unspecified atom stereocenters. The monoisotopic (exact) mass is 753 g/mol. The molecular weight excluding hydrogens is 715 g/mol. The Morgan fingerprint density at radius 3 is 1.92 bits per heavy atom. The fraction of sp³-hybridized carbons (Fsp3) is 0.0526. The minimum atomic E-state index is 0.306. The van der Waals surface area contributed by atoms with E-state index < -0.39 is 0 Å². The maximum atomic E-state index is 6.44. The highest BCUT2D eigenvalue weighted by atomic mass is 16.3. The topological polar surface area (TPSA) is 18.1 Å². The molecule has 0 bridgehead atoms. The van der Waals surface area contributed by atoms with Gasteiger partial charge in [0, 0.05) is 33.0 Å². The van der Waals surface area contributed by atoms with Gasteiger partial charge in [-0.2, -0.15) is 0 Å². The first-order valence-electron chi connectivity index (χ1n) is 20.7. The molecule has 12 rings (SSSR count). The lowest BCUT2D eigenvalue weighted by Gasteiger charge is -2.20. The summed E-state index contributed by atoms with van der Waals surface area (Å²) < 4.78 is 8.90. The minimum Gasteiger partial charge on any atom is -0.456 e. The van der Waals surface area contributed by atoms with E-state index in [2.05, 4.69) is 205 Å². The maximum absolute atomic E-state index is 6.44. The Morgan fingerprint density at radius 1 is 0.424 bits per heavy atom. The largest absolute Gasteiger partial charge is 0.456 e. The van der Waals surface area contributed by atoms with E-state index in [4.69, 9.17) is 4.42 Å². The lowest BCUT2D eigenvalue weighted by molar-refractivity contribution is 0.669. The van der Waals surface area contributed by atoms with Gasteiger partial charge in [-0.1, -0.05) is 164 Å². The maximum Gasteiger partial charge on any atom is 0.136 e.